The van der Waals surface area contributed by atoms with Crippen LogP contribution >= 0.6 is 0 Å². The van der Waals surface area contributed by atoms with Crippen LogP contribution in [0.25, 0.3) is 0 Å². The molecule has 1 radical (unpaired) electrons. The molecular weight excluding hydrogens is 294 g/mol. The number of hydrogen-bond donors (Lipinski definition) is 0. The van der Waals surface area contributed by atoms with Gasteiger partial charge in [0, 0.05) is 17.0 Å². The molecule has 1 unspecified atom stereocenters. The minimum Gasteiger partial charge on any atom is -0.759 e. The molecule has 0 bridgehead atoms. The van der Waals surface area contributed by atoms with Gasteiger partial charge in [0.05, 0.1) is 6.61 Å². The zero-order chi connectivity index (χ0) is 13.7. The maximum Gasteiger partial charge on any atom is 1.00 e. The first kappa shape index (κ1) is 28.9. The summed E-state index contributed by atoms with van der Waals surface area (Å²) < 4.78 is 39.3. The van der Waals surface area contributed by atoms with E-state index >= 15 is 0 Å². The van der Waals surface area contributed by atoms with Crippen LogP contribution in [0.15, 0.2) is 0 Å². The molecule has 0 rings (SSSR count). The quantitative estimate of drug-likeness (QED) is 0.193. The first-order valence-corrected chi connectivity index (χ1v) is 7.00. The second kappa shape index (κ2) is 19.8. The fourth-order valence-electron chi connectivity index (χ4n) is 1.21. The summed E-state index contributed by atoms with van der Waals surface area (Å²) in [5.74, 6) is 0.663. The molecule has 0 heterocycles. The monoisotopic (exact) mass is 315 g/mol. The molecule has 0 saturated heterocycles. The van der Waals surface area contributed by atoms with Crippen LogP contribution < -0.4 is 59.1 Å². The van der Waals surface area contributed by atoms with Crippen LogP contribution in [0.2, 0.25) is 0 Å². The fraction of sp³-hybridized carbons (Fsp3) is 1.00. The van der Waals surface area contributed by atoms with E-state index < -0.39 is 10.4 Å². The molecule has 6 nitrogen and oxygen atoms in total. The summed E-state index contributed by atoms with van der Waals surface area (Å²) in [5.41, 5.74) is 0. The Hall–Kier alpha value is 1.79. The van der Waals surface area contributed by atoms with Gasteiger partial charge in [-0.25, -0.2) is 5.11 Å². The molecule has 0 aromatic heterocycles. The maximum atomic E-state index is 10.1. The average Bonchev–Trinajstić information content (AvgIpc) is 2.21. The Balaban J connectivity index is -0.000000139. The molecule has 0 aliphatic carbocycles. The van der Waals surface area contributed by atoms with Gasteiger partial charge >= 0.3 is 59.1 Å². The topological polar surface area (TPSA) is 109 Å². The van der Waals surface area contributed by atoms with Crippen LogP contribution in [0.5, 0.6) is 0 Å². The van der Waals surface area contributed by atoms with Crippen LogP contribution in [0.4, 0.5) is 0 Å². The Kier molecular flexibility index (Phi) is 30.1. The molecule has 19 heavy (non-hydrogen) atoms. The van der Waals surface area contributed by atoms with Crippen molar-refractivity contribution in [1.82, 2.24) is 0 Å². The Labute approximate surface area is 160 Å². The van der Waals surface area contributed by atoms with Crippen LogP contribution in [0.1, 0.15) is 39.5 Å². The molecule has 9 heteroatoms. The van der Waals surface area contributed by atoms with Crippen molar-refractivity contribution in [3.05, 3.63) is 0 Å². The third kappa shape index (κ3) is 38.3. The number of unbranched alkanes of at least 4 members (excludes halogenated alkanes) is 1. The summed E-state index contributed by atoms with van der Waals surface area (Å²) in [7, 11) is -5.17. The molecule has 0 aliphatic rings. The van der Waals surface area contributed by atoms with E-state index in [9.17, 15) is 5.11 Å². The SMILES string of the molecule is CCCCC(CC)COCC[O].O=S(=O)([O-])[O-].[Na+].[Na+]. The normalized spacial score (nSPS) is 11.4. The molecular formula is C10H21Na2O6S. The predicted molar refractivity (Wildman–Crippen MR) is 60.2 cm³/mol. The van der Waals surface area contributed by atoms with Gasteiger partial charge in [-0.1, -0.05) is 33.1 Å². The van der Waals surface area contributed by atoms with Crippen molar-refractivity contribution in [2.24, 2.45) is 5.92 Å². The van der Waals surface area contributed by atoms with Gasteiger partial charge in [-0.15, -0.1) is 0 Å². The maximum absolute atomic E-state index is 10.1. The van der Waals surface area contributed by atoms with Crippen molar-refractivity contribution in [2.75, 3.05) is 19.8 Å². The first-order valence-electron chi connectivity index (χ1n) is 5.67. The van der Waals surface area contributed by atoms with Crippen LogP contribution in [-0.2, 0) is 20.2 Å². The molecule has 0 saturated carbocycles. The van der Waals surface area contributed by atoms with Gasteiger partial charge in [0.15, 0.2) is 0 Å². The fourth-order valence-corrected chi connectivity index (χ4v) is 1.21. The van der Waals surface area contributed by atoms with E-state index in [2.05, 4.69) is 13.8 Å². The Morgan fingerprint density at radius 1 is 1.16 bits per heavy atom. The van der Waals surface area contributed by atoms with Gasteiger partial charge in [-0.3, -0.25) is 8.42 Å². The summed E-state index contributed by atoms with van der Waals surface area (Å²) in [6.07, 6.45) is 4.93. The first-order chi connectivity index (χ1) is 7.85. The minimum absolute atomic E-state index is 0. The van der Waals surface area contributed by atoms with E-state index in [0.29, 0.717) is 12.5 Å². The van der Waals surface area contributed by atoms with Crippen LogP contribution in [0, 0.1) is 5.92 Å². The van der Waals surface area contributed by atoms with E-state index in [0.717, 1.165) is 6.61 Å². The van der Waals surface area contributed by atoms with Crippen molar-refractivity contribution in [1.29, 1.82) is 0 Å². The summed E-state index contributed by atoms with van der Waals surface area (Å²) in [4.78, 5) is 0. The third-order valence-electron chi connectivity index (χ3n) is 2.12. The largest absolute Gasteiger partial charge is 1.00 e. The van der Waals surface area contributed by atoms with E-state index in [1.807, 2.05) is 0 Å². The van der Waals surface area contributed by atoms with Gasteiger partial charge < -0.3 is 13.8 Å². The summed E-state index contributed by atoms with van der Waals surface area (Å²) in [5, 5.41) is 10.1. The van der Waals surface area contributed by atoms with E-state index in [1.54, 1.807) is 0 Å². The van der Waals surface area contributed by atoms with Gasteiger partial charge in [-0.05, 0) is 12.3 Å². The second-order valence-corrected chi connectivity index (χ2v) is 4.42. The van der Waals surface area contributed by atoms with Crippen molar-refractivity contribution < 1.29 is 86.5 Å². The van der Waals surface area contributed by atoms with Crippen LogP contribution in [0.3, 0.4) is 0 Å². The predicted octanol–water partition coefficient (Wildman–Crippen LogP) is -4.68. The molecule has 0 N–H and O–H groups in total. The number of hydrogen-bond acceptors (Lipinski definition) is 5. The number of ether oxygens (including phenoxy) is 1. The van der Waals surface area contributed by atoms with Crippen molar-refractivity contribution >= 4 is 10.4 Å². The van der Waals surface area contributed by atoms with E-state index in [-0.39, 0.29) is 65.7 Å². The molecule has 0 spiro atoms. The second-order valence-electron chi connectivity index (χ2n) is 3.60. The van der Waals surface area contributed by atoms with E-state index in [1.165, 1.54) is 25.7 Å². The molecule has 0 aromatic carbocycles. The minimum atomic E-state index is -5.17. The summed E-state index contributed by atoms with van der Waals surface area (Å²) >= 11 is 0. The number of rotatable bonds is 8. The van der Waals surface area contributed by atoms with Gasteiger partial charge in [0.25, 0.3) is 0 Å². The molecule has 0 fully saturated rings. The zero-order valence-electron chi connectivity index (χ0n) is 12.4. The molecule has 0 amide bonds. The van der Waals surface area contributed by atoms with E-state index in [4.69, 9.17) is 22.3 Å². The average molecular weight is 315 g/mol. The molecule has 1 atom stereocenters. The molecule has 105 valence electrons. The standard InChI is InChI=1S/C10H21O2.2Na.H2O4S/c1-3-5-6-10(4-2)9-12-8-7-11;;;1-5(2,3)4/h10H,3-9H2,1-2H3;;;(H2,1,2,3,4)/q;2*+1;/p-2. The molecule has 0 aliphatic heterocycles. The Bertz CT molecular complexity index is 240. The summed E-state index contributed by atoms with van der Waals surface area (Å²) in [6.45, 7) is 5.43. The van der Waals surface area contributed by atoms with Crippen LogP contribution in [-0.4, -0.2) is 37.3 Å². The van der Waals surface area contributed by atoms with Gasteiger partial charge in [0.2, 0.25) is 0 Å². The molecule has 0 aromatic rings. The van der Waals surface area contributed by atoms with Crippen molar-refractivity contribution in [3.8, 4) is 0 Å². The Morgan fingerprint density at radius 2 is 1.63 bits per heavy atom. The van der Waals surface area contributed by atoms with Crippen molar-refractivity contribution in [2.45, 2.75) is 39.5 Å². The summed E-state index contributed by atoms with van der Waals surface area (Å²) in [6, 6.07) is 0. The zero-order valence-corrected chi connectivity index (χ0v) is 17.2. The third-order valence-corrected chi connectivity index (χ3v) is 2.12. The Morgan fingerprint density at radius 3 is 1.95 bits per heavy atom. The van der Waals surface area contributed by atoms with Gasteiger partial charge in [0.1, 0.15) is 6.61 Å². The van der Waals surface area contributed by atoms with Gasteiger partial charge in [-0.2, -0.15) is 0 Å². The van der Waals surface area contributed by atoms with Crippen molar-refractivity contribution in [3.63, 3.8) is 0 Å². The smallest absolute Gasteiger partial charge is 0.759 e.